The molecule has 0 spiro atoms. The molecule has 11 nitrogen and oxygen atoms in total. The number of guanidine groups is 1. The molecule has 51 heavy (non-hydrogen) atoms. The van der Waals surface area contributed by atoms with Gasteiger partial charge in [-0.05, 0) is 61.1 Å². The average molecular weight is 733 g/mol. The van der Waals surface area contributed by atoms with Gasteiger partial charge in [0.2, 0.25) is 0 Å². The highest BCUT2D eigenvalue weighted by Crippen LogP contribution is 2.49. The summed E-state index contributed by atoms with van der Waals surface area (Å²) in [6.45, 7) is 0.422. The standard InChI is InChI=1S/C34H34ClF5N8O3/c1-31(2,34(38,39)40)19-33(23-8-5-20(6-9-23)22-16-43-47(17-22)28(36)37)27(49)48(29(41)44-33)26(18-51-30(50)45-32(3)11-12-32)21-7-10-24(35)25(15-21)46-14-4-13-42-46/h4-10,13-17,26,28H,11-12,18-19H2,1-3H3,(H2,41,44)(H,45,50)/t26-,33-/m1/s1. The van der Waals surface area contributed by atoms with Gasteiger partial charge in [-0.3, -0.25) is 15.1 Å². The summed E-state index contributed by atoms with van der Waals surface area (Å²) in [5.41, 5.74) is -3.41. The number of carbonyl (C=O) groups is 2. The van der Waals surface area contributed by atoms with Gasteiger partial charge >= 0.3 is 18.8 Å². The Morgan fingerprint density at radius 1 is 1.12 bits per heavy atom. The van der Waals surface area contributed by atoms with Crippen LogP contribution in [0.4, 0.5) is 26.7 Å². The number of nitrogens with one attached hydrogen (secondary N) is 3. The summed E-state index contributed by atoms with van der Waals surface area (Å²) < 4.78 is 77.3. The first kappa shape index (κ1) is 35.8. The molecule has 0 bridgehead atoms. The fourth-order valence-corrected chi connectivity index (χ4v) is 6.24. The van der Waals surface area contributed by atoms with Crippen LogP contribution in [0.5, 0.6) is 0 Å². The molecule has 1 saturated heterocycles. The summed E-state index contributed by atoms with van der Waals surface area (Å²) >= 11 is 6.49. The Balaban J connectivity index is 1.42. The van der Waals surface area contributed by atoms with Crippen molar-refractivity contribution in [2.45, 2.75) is 69.9 Å². The quantitative estimate of drug-likeness (QED) is 0.138. The van der Waals surface area contributed by atoms with Gasteiger partial charge in [-0.25, -0.2) is 14.2 Å². The Labute approximate surface area is 294 Å². The lowest BCUT2D eigenvalue weighted by Crippen LogP contribution is -2.50. The van der Waals surface area contributed by atoms with E-state index < -0.39 is 66.2 Å². The smallest absolute Gasteiger partial charge is 0.407 e. The molecule has 2 atom stereocenters. The van der Waals surface area contributed by atoms with Crippen molar-refractivity contribution < 1.29 is 36.3 Å². The fraction of sp³-hybridized carbons (Fsp3) is 0.382. The van der Waals surface area contributed by atoms with E-state index >= 15 is 0 Å². The van der Waals surface area contributed by atoms with Crippen LogP contribution in [0.3, 0.4) is 0 Å². The molecule has 2 amide bonds. The van der Waals surface area contributed by atoms with Crippen molar-refractivity contribution in [3.05, 3.63) is 89.5 Å². The molecule has 0 unspecified atom stereocenters. The molecule has 2 aliphatic rings. The molecule has 4 aromatic rings. The van der Waals surface area contributed by atoms with Crippen LogP contribution in [0.25, 0.3) is 16.8 Å². The van der Waals surface area contributed by atoms with E-state index in [0.29, 0.717) is 32.1 Å². The Kier molecular flexibility index (Phi) is 9.10. The lowest BCUT2D eigenvalue weighted by molar-refractivity contribution is -0.218. The lowest BCUT2D eigenvalue weighted by atomic mass is 9.73. The zero-order chi connectivity index (χ0) is 36.9. The molecular weight excluding hydrogens is 699 g/mol. The molecule has 17 heteroatoms. The SMILES string of the molecule is CC1(NC(=O)OC[C@H](c2ccc(Cl)c(-n3cccn3)c2)N2C(=N)N[C@](CC(C)(C)C(F)(F)F)(c3ccc(-c4cnn(C(F)F)c4)cc3)C2=O)CC1. The van der Waals surface area contributed by atoms with Crippen LogP contribution in [0.15, 0.2) is 73.3 Å². The van der Waals surface area contributed by atoms with Gasteiger partial charge in [0.05, 0.1) is 28.4 Å². The minimum absolute atomic E-state index is 0.0921. The maximum atomic E-state index is 14.8. The Bertz CT molecular complexity index is 1940. The number of amides is 2. The van der Waals surface area contributed by atoms with E-state index in [2.05, 4.69) is 20.8 Å². The summed E-state index contributed by atoms with van der Waals surface area (Å²) in [5.74, 6) is -1.43. The predicted molar refractivity (Wildman–Crippen MR) is 176 cm³/mol. The van der Waals surface area contributed by atoms with Crippen molar-refractivity contribution in [1.82, 2.24) is 35.1 Å². The molecule has 270 valence electrons. The molecule has 1 aliphatic carbocycles. The molecular formula is C34H34ClF5N8O3. The third kappa shape index (κ3) is 7.01. The minimum atomic E-state index is -4.75. The van der Waals surface area contributed by atoms with E-state index in [9.17, 15) is 31.5 Å². The number of alkyl halides is 5. The number of nitrogens with zero attached hydrogens (tertiary/aromatic N) is 5. The van der Waals surface area contributed by atoms with Gasteiger partial charge in [0, 0.05) is 29.7 Å². The van der Waals surface area contributed by atoms with Crippen molar-refractivity contribution in [1.29, 1.82) is 5.41 Å². The van der Waals surface area contributed by atoms with E-state index in [1.54, 1.807) is 30.5 Å². The Hall–Kier alpha value is -4.99. The molecule has 3 N–H and O–H groups in total. The van der Waals surface area contributed by atoms with E-state index in [4.69, 9.17) is 21.7 Å². The van der Waals surface area contributed by atoms with Gasteiger partial charge in [0.25, 0.3) is 5.91 Å². The number of hydrogen-bond acceptors (Lipinski definition) is 6. The lowest BCUT2D eigenvalue weighted by Gasteiger charge is -2.37. The third-order valence-electron chi connectivity index (χ3n) is 9.34. The van der Waals surface area contributed by atoms with Crippen molar-refractivity contribution in [2.75, 3.05) is 6.61 Å². The molecule has 0 radical (unpaired) electrons. The monoisotopic (exact) mass is 732 g/mol. The number of carbonyl (C=O) groups excluding carboxylic acids is 2. The number of aromatic nitrogens is 4. The normalized spacial score (nSPS) is 19.3. The van der Waals surface area contributed by atoms with Gasteiger partial charge < -0.3 is 15.4 Å². The molecule has 2 aromatic carbocycles. The number of hydrogen-bond donors (Lipinski definition) is 3. The second-order valence-electron chi connectivity index (χ2n) is 13.6. The predicted octanol–water partition coefficient (Wildman–Crippen LogP) is 7.34. The van der Waals surface area contributed by atoms with E-state index in [1.807, 2.05) is 6.92 Å². The zero-order valence-electron chi connectivity index (χ0n) is 27.6. The maximum Gasteiger partial charge on any atom is 0.407 e. The van der Waals surface area contributed by atoms with Crippen LogP contribution in [0, 0.1) is 10.8 Å². The second kappa shape index (κ2) is 13.0. The summed E-state index contributed by atoms with van der Waals surface area (Å²) in [4.78, 5) is 28.6. The second-order valence-corrected chi connectivity index (χ2v) is 14.0. The number of halogens is 6. The van der Waals surface area contributed by atoms with Gasteiger partial charge in [-0.1, -0.05) is 55.8 Å². The summed E-state index contributed by atoms with van der Waals surface area (Å²) in [7, 11) is 0. The molecule has 3 heterocycles. The van der Waals surface area contributed by atoms with Crippen molar-refractivity contribution in [3.8, 4) is 16.8 Å². The first-order valence-electron chi connectivity index (χ1n) is 15.9. The number of rotatable bonds is 11. The first-order valence-corrected chi connectivity index (χ1v) is 16.3. The van der Waals surface area contributed by atoms with Crippen LogP contribution in [-0.4, -0.2) is 60.7 Å². The maximum absolute atomic E-state index is 14.8. The topological polar surface area (TPSA) is 130 Å². The van der Waals surface area contributed by atoms with Gasteiger partial charge in [-0.15, -0.1) is 0 Å². The largest absolute Gasteiger partial charge is 0.447 e. The van der Waals surface area contributed by atoms with Gasteiger partial charge in [0.1, 0.15) is 12.1 Å². The van der Waals surface area contributed by atoms with Gasteiger partial charge in [0.15, 0.2) is 5.96 Å². The zero-order valence-corrected chi connectivity index (χ0v) is 28.4. The molecule has 1 aliphatic heterocycles. The van der Waals surface area contributed by atoms with E-state index in [1.165, 1.54) is 41.3 Å². The number of benzene rings is 2. The average Bonchev–Trinajstić information content (AvgIpc) is 3.45. The number of alkyl carbamates (subject to hydrolysis) is 1. The van der Waals surface area contributed by atoms with Crippen LogP contribution < -0.4 is 10.6 Å². The Morgan fingerprint density at radius 2 is 1.82 bits per heavy atom. The molecule has 6 rings (SSSR count). The van der Waals surface area contributed by atoms with Crippen molar-refractivity contribution in [3.63, 3.8) is 0 Å². The van der Waals surface area contributed by atoms with Crippen LogP contribution in [-0.2, 0) is 15.1 Å². The fourth-order valence-electron chi connectivity index (χ4n) is 6.04. The first-order chi connectivity index (χ1) is 23.9. The summed E-state index contributed by atoms with van der Waals surface area (Å²) in [6.07, 6.45) is 0.661. The molecule has 1 saturated carbocycles. The highest BCUT2D eigenvalue weighted by molar-refractivity contribution is 6.32. The highest BCUT2D eigenvalue weighted by atomic mass is 35.5. The van der Waals surface area contributed by atoms with Crippen LogP contribution in [0.1, 0.15) is 63.8 Å². The summed E-state index contributed by atoms with van der Waals surface area (Å²) in [5, 5.41) is 22.7. The molecule has 2 aromatic heterocycles. The van der Waals surface area contributed by atoms with Crippen LogP contribution in [0.2, 0.25) is 5.02 Å². The van der Waals surface area contributed by atoms with Crippen LogP contribution >= 0.6 is 11.6 Å². The summed E-state index contributed by atoms with van der Waals surface area (Å²) in [6, 6.07) is 11.0. The van der Waals surface area contributed by atoms with E-state index in [-0.39, 0.29) is 5.56 Å². The minimum Gasteiger partial charge on any atom is -0.447 e. The Morgan fingerprint density at radius 3 is 2.41 bits per heavy atom. The van der Waals surface area contributed by atoms with Crippen molar-refractivity contribution in [2.24, 2.45) is 5.41 Å². The highest BCUT2D eigenvalue weighted by Gasteiger charge is 2.60. The third-order valence-corrected chi connectivity index (χ3v) is 9.66. The number of ether oxygens (including phenoxy) is 1. The van der Waals surface area contributed by atoms with Gasteiger partial charge in [-0.2, -0.15) is 32.1 Å². The van der Waals surface area contributed by atoms with E-state index in [0.717, 1.165) is 37.8 Å². The van der Waals surface area contributed by atoms with Crippen molar-refractivity contribution >= 4 is 29.6 Å². The molecule has 2 fully saturated rings.